The number of nitrogens with one attached hydrogen (secondary N) is 1. The van der Waals surface area contributed by atoms with Crippen molar-refractivity contribution in [2.75, 3.05) is 31.6 Å². The first-order chi connectivity index (χ1) is 14.3. The van der Waals surface area contributed by atoms with Crippen molar-refractivity contribution in [3.05, 3.63) is 59.7 Å². The lowest BCUT2D eigenvalue weighted by Crippen LogP contribution is -2.35. The lowest BCUT2D eigenvalue weighted by Gasteiger charge is -2.32. The second-order valence-corrected chi connectivity index (χ2v) is 8.36. The number of carbonyl (C=O) groups is 1. The average molecular weight is 393 g/mol. The summed E-state index contributed by atoms with van der Waals surface area (Å²) in [6.07, 6.45) is 7.42. The molecule has 154 valence electrons. The number of benzene rings is 2. The van der Waals surface area contributed by atoms with Gasteiger partial charge >= 0.3 is 0 Å². The first-order valence-electron chi connectivity index (χ1n) is 11.1. The minimum Gasteiger partial charge on any atom is -0.493 e. The zero-order valence-electron chi connectivity index (χ0n) is 17.2. The molecule has 4 rings (SSSR count). The van der Waals surface area contributed by atoms with Crippen LogP contribution < -0.4 is 10.1 Å². The van der Waals surface area contributed by atoms with Gasteiger partial charge in [0.05, 0.1) is 6.61 Å². The molecule has 2 aliphatic rings. The Labute approximate surface area is 174 Å². The van der Waals surface area contributed by atoms with E-state index in [-0.39, 0.29) is 5.91 Å². The summed E-state index contributed by atoms with van der Waals surface area (Å²) in [6.45, 7) is 4.37. The van der Waals surface area contributed by atoms with Crippen LogP contribution in [0.25, 0.3) is 0 Å². The maximum Gasteiger partial charge on any atom is 0.224 e. The van der Waals surface area contributed by atoms with Crippen LogP contribution in [-0.2, 0) is 17.6 Å². The van der Waals surface area contributed by atoms with Crippen LogP contribution in [0, 0.1) is 5.92 Å². The van der Waals surface area contributed by atoms with Gasteiger partial charge in [-0.25, -0.2) is 0 Å². The third-order valence-electron chi connectivity index (χ3n) is 6.21. The van der Waals surface area contributed by atoms with Crippen molar-refractivity contribution >= 4 is 11.6 Å². The largest absolute Gasteiger partial charge is 0.493 e. The van der Waals surface area contributed by atoms with Crippen LogP contribution in [0.1, 0.15) is 43.2 Å². The molecule has 1 fully saturated rings. The maximum atomic E-state index is 11.5. The number of nitrogens with zero attached hydrogens (tertiary/aromatic N) is 1. The zero-order valence-corrected chi connectivity index (χ0v) is 17.2. The molecule has 0 unspecified atom stereocenters. The van der Waals surface area contributed by atoms with E-state index in [1.165, 1.54) is 50.9 Å². The van der Waals surface area contributed by atoms with Crippen LogP contribution in [0.15, 0.2) is 48.5 Å². The van der Waals surface area contributed by atoms with Gasteiger partial charge in [-0.2, -0.15) is 0 Å². The number of fused-ring (bicyclic) bond motifs is 1. The molecule has 0 aliphatic carbocycles. The van der Waals surface area contributed by atoms with Gasteiger partial charge in [0.2, 0.25) is 5.91 Å². The van der Waals surface area contributed by atoms with E-state index in [9.17, 15) is 4.79 Å². The molecule has 4 heteroatoms. The van der Waals surface area contributed by atoms with Gasteiger partial charge in [-0.1, -0.05) is 36.4 Å². The Morgan fingerprint density at radius 2 is 1.79 bits per heavy atom. The highest BCUT2D eigenvalue weighted by Gasteiger charge is 2.20. The fourth-order valence-corrected chi connectivity index (χ4v) is 4.51. The van der Waals surface area contributed by atoms with Gasteiger partial charge in [-0.05, 0) is 81.8 Å². The Hall–Kier alpha value is -2.33. The Morgan fingerprint density at radius 1 is 0.966 bits per heavy atom. The van der Waals surface area contributed by atoms with Crippen LogP contribution in [0.5, 0.6) is 5.75 Å². The van der Waals surface area contributed by atoms with Crippen molar-refractivity contribution in [3.8, 4) is 5.75 Å². The minimum absolute atomic E-state index is 0.0992. The third-order valence-corrected chi connectivity index (χ3v) is 6.21. The van der Waals surface area contributed by atoms with Gasteiger partial charge in [0.15, 0.2) is 0 Å². The lowest BCUT2D eigenvalue weighted by molar-refractivity contribution is -0.116. The van der Waals surface area contributed by atoms with E-state index < -0.39 is 0 Å². The summed E-state index contributed by atoms with van der Waals surface area (Å²) < 4.78 is 6.04. The summed E-state index contributed by atoms with van der Waals surface area (Å²) in [7, 11) is 0. The zero-order chi connectivity index (χ0) is 19.9. The highest BCUT2D eigenvalue weighted by atomic mass is 16.5. The normalized spacial score (nSPS) is 17.6. The molecular formula is C25H32N2O2. The molecule has 0 spiro atoms. The van der Waals surface area contributed by atoms with Crippen molar-refractivity contribution in [2.45, 2.75) is 44.9 Å². The maximum absolute atomic E-state index is 11.5. The molecule has 1 amide bonds. The molecule has 0 radical (unpaired) electrons. The predicted octanol–water partition coefficient (Wildman–Crippen LogP) is 4.69. The molecule has 2 aliphatic heterocycles. The van der Waals surface area contributed by atoms with Gasteiger partial charge in [-0.15, -0.1) is 0 Å². The second kappa shape index (κ2) is 9.93. The van der Waals surface area contributed by atoms with Crippen LogP contribution in [-0.4, -0.2) is 37.0 Å². The van der Waals surface area contributed by atoms with Crippen LogP contribution in [0.2, 0.25) is 0 Å². The molecule has 1 saturated heterocycles. The van der Waals surface area contributed by atoms with Crippen molar-refractivity contribution in [1.29, 1.82) is 0 Å². The fourth-order valence-electron chi connectivity index (χ4n) is 4.51. The molecule has 0 atom stereocenters. The number of likely N-dealkylation sites (tertiary alicyclic amines) is 1. The predicted molar refractivity (Wildman–Crippen MR) is 117 cm³/mol. The highest BCUT2D eigenvalue weighted by Crippen LogP contribution is 2.31. The van der Waals surface area contributed by atoms with Crippen molar-refractivity contribution in [3.63, 3.8) is 0 Å². The van der Waals surface area contributed by atoms with E-state index in [4.69, 9.17) is 4.74 Å². The van der Waals surface area contributed by atoms with E-state index in [0.29, 0.717) is 6.42 Å². The molecule has 2 aromatic rings. The summed E-state index contributed by atoms with van der Waals surface area (Å²) in [5.74, 6) is 1.87. The standard InChI is InChI=1S/C25H32N2O2/c28-25-12-11-22-23(26-25)9-6-10-24(22)29-18-5-4-15-27-16-13-21(14-17-27)19-20-7-2-1-3-8-20/h1-3,6-10,21H,4-5,11-19H2,(H,26,28). The number of rotatable bonds is 8. The summed E-state index contributed by atoms with van der Waals surface area (Å²) in [4.78, 5) is 14.2. The number of ether oxygens (including phenoxy) is 1. The molecule has 2 heterocycles. The summed E-state index contributed by atoms with van der Waals surface area (Å²) in [6, 6.07) is 16.8. The van der Waals surface area contributed by atoms with Crippen molar-refractivity contribution in [1.82, 2.24) is 4.90 Å². The fraction of sp³-hybridized carbons (Fsp3) is 0.480. The van der Waals surface area contributed by atoms with E-state index in [1.807, 2.05) is 18.2 Å². The lowest BCUT2D eigenvalue weighted by atomic mass is 9.90. The van der Waals surface area contributed by atoms with Gasteiger partial charge in [0.1, 0.15) is 5.75 Å². The summed E-state index contributed by atoms with van der Waals surface area (Å²) in [5, 5.41) is 2.94. The molecule has 29 heavy (non-hydrogen) atoms. The molecule has 0 saturated carbocycles. The van der Waals surface area contributed by atoms with Gasteiger partial charge in [-0.3, -0.25) is 4.79 Å². The highest BCUT2D eigenvalue weighted by molar-refractivity contribution is 5.94. The summed E-state index contributed by atoms with van der Waals surface area (Å²) in [5.41, 5.74) is 3.54. The molecule has 4 nitrogen and oxygen atoms in total. The summed E-state index contributed by atoms with van der Waals surface area (Å²) >= 11 is 0. The topological polar surface area (TPSA) is 41.6 Å². The van der Waals surface area contributed by atoms with Crippen LogP contribution in [0.3, 0.4) is 0 Å². The molecule has 0 bridgehead atoms. The number of unbranched alkanes of at least 4 members (excludes halogenated alkanes) is 1. The number of amides is 1. The first-order valence-corrected chi connectivity index (χ1v) is 11.1. The Morgan fingerprint density at radius 3 is 2.62 bits per heavy atom. The molecule has 1 N–H and O–H groups in total. The number of anilines is 1. The third kappa shape index (κ3) is 5.60. The van der Waals surface area contributed by atoms with Crippen molar-refractivity contribution < 1.29 is 9.53 Å². The Balaban J connectivity index is 1.13. The number of hydrogen-bond donors (Lipinski definition) is 1. The minimum atomic E-state index is 0.0992. The SMILES string of the molecule is O=C1CCc2c(cccc2OCCCCN2CCC(Cc3ccccc3)CC2)N1. The van der Waals surface area contributed by atoms with Gasteiger partial charge in [0, 0.05) is 17.7 Å². The van der Waals surface area contributed by atoms with Crippen molar-refractivity contribution in [2.24, 2.45) is 5.92 Å². The van der Waals surface area contributed by atoms with Gasteiger partial charge in [0.25, 0.3) is 0 Å². The molecule has 2 aromatic carbocycles. The number of piperidine rings is 1. The van der Waals surface area contributed by atoms with Gasteiger partial charge < -0.3 is 15.0 Å². The number of carbonyl (C=O) groups excluding carboxylic acids is 1. The monoisotopic (exact) mass is 392 g/mol. The van der Waals surface area contributed by atoms with Crippen LogP contribution in [0.4, 0.5) is 5.69 Å². The first kappa shape index (κ1) is 20.0. The molecule has 0 aromatic heterocycles. The second-order valence-electron chi connectivity index (χ2n) is 8.36. The average Bonchev–Trinajstić information content (AvgIpc) is 2.75. The van der Waals surface area contributed by atoms with E-state index in [2.05, 4.69) is 40.5 Å². The van der Waals surface area contributed by atoms with E-state index >= 15 is 0 Å². The Kier molecular flexibility index (Phi) is 6.83. The van der Waals surface area contributed by atoms with E-state index in [1.54, 1.807) is 0 Å². The number of hydrogen-bond acceptors (Lipinski definition) is 3. The Bertz CT molecular complexity index is 798. The van der Waals surface area contributed by atoms with Crippen LogP contribution >= 0.6 is 0 Å². The van der Waals surface area contributed by atoms with E-state index in [0.717, 1.165) is 42.4 Å². The molecular weight excluding hydrogens is 360 g/mol. The quantitative estimate of drug-likeness (QED) is 0.663. The smallest absolute Gasteiger partial charge is 0.224 e.